The fraction of sp³-hybridized carbons (Fsp3) is 0. The second kappa shape index (κ2) is 4.29. The lowest BCUT2D eigenvalue weighted by Gasteiger charge is -2.02. The van der Waals surface area contributed by atoms with Crippen LogP contribution in [0.5, 0.6) is 11.8 Å². The van der Waals surface area contributed by atoms with Crippen LogP contribution in [0.3, 0.4) is 0 Å². The van der Waals surface area contributed by atoms with Gasteiger partial charge in [0.15, 0.2) is 5.75 Å². The quantitative estimate of drug-likeness (QED) is 0.688. The Morgan fingerprint density at radius 3 is 2.83 bits per heavy atom. The standard InChI is InChI=1S/C13H8N2O3/c16-12-10-5-1-2-6-11(10)15-13(18-12)17-9-4-3-7-14-8-9/h1-8H. The van der Waals surface area contributed by atoms with Crippen LogP contribution in [0, 0.1) is 0 Å². The van der Waals surface area contributed by atoms with E-state index in [0.29, 0.717) is 16.7 Å². The van der Waals surface area contributed by atoms with E-state index in [0.717, 1.165) is 0 Å². The summed E-state index contributed by atoms with van der Waals surface area (Å²) in [7, 11) is 0. The molecule has 0 bridgehead atoms. The summed E-state index contributed by atoms with van der Waals surface area (Å²) in [6, 6.07) is 10.3. The lowest BCUT2D eigenvalue weighted by Crippen LogP contribution is -2.02. The summed E-state index contributed by atoms with van der Waals surface area (Å²) in [5, 5.41) is 0.427. The van der Waals surface area contributed by atoms with E-state index in [9.17, 15) is 4.79 Å². The summed E-state index contributed by atoms with van der Waals surface area (Å²) in [5.41, 5.74) is 0.0622. The van der Waals surface area contributed by atoms with E-state index >= 15 is 0 Å². The number of rotatable bonds is 2. The summed E-state index contributed by atoms with van der Waals surface area (Å²) in [5.74, 6) is 0.462. The second-order valence-corrected chi connectivity index (χ2v) is 3.58. The van der Waals surface area contributed by atoms with Crippen molar-refractivity contribution in [1.29, 1.82) is 0 Å². The molecule has 0 aliphatic carbocycles. The van der Waals surface area contributed by atoms with Crippen LogP contribution < -0.4 is 10.4 Å². The number of pyridine rings is 1. The summed E-state index contributed by atoms with van der Waals surface area (Å²) >= 11 is 0. The Bertz CT molecular complexity index is 738. The molecule has 0 radical (unpaired) electrons. The molecule has 0 saturated heterocycles. The van der Waals surface area contributed by atoms with Crippen molar-refractivity contribution in [3.8, 4) is 11.8 Å². The van der Waals surface area contributed by atoms with Gasteiger partial charge in [0.1, 0.15) is 0 Å². The fourth-order valence-corrected chi connectivity index (χ4v) is 1.55. The first-order chi connectivity index (χ1) is 8.83. The predicted molar refractivity (Wildman–Crippen MR) is 64.6 cm³/mol. The highest BCUT2D eigenvalue weighted by atomic mass is 16.6. The summed E-state index contributed by atoms with van der Waals surface area (Å²) < 4.78 is 10.3. The van der Waals surface area contributed by atoms with E-state index in [2.05, 4.69) is 9.97 Å². The first-order valence-corrected chi connectivity index (χ1v) is 5.31. The van der Waals surface area contributed by atoms with Crippen LogP contribution in [0.4, 0.5) is 0 Å². The van der Waals surface area contributed by atoms with Crippen molar-refractivity contribution < 1.29 is 9.15 Å². The smallest absolute Gasteiger partial charge is 0.402 e. The van der Waals surface area contributed by atoms with E-state index in [1.807, 2.05) is 0 Å². The Labute approximate surface area is 102 Å². The normalized spacial score (nSPS) is 10.4. The third kappa shape index (κ3) is 1.93. The van der Waals surface area contributed by atoms with Crippen molar-refractivity contribution >= 4 is 10.9 Å². The van der Waals surface area contributed by atoms with Gasteiger partial charge < -0.3 is 9.15 Å². The van der Waals surface area contributed by atoms with E-state index in [1.54, 1.807) is 42.6 Å². The van der Waals surface area contributed by atoms with Gasteiger partial charge in [-0.3, -0.25) is 4.98 Å². The number of nitrogens with zero attached hydrogens (tertiary/aromatic N) is 2. The van der Waals surface area contributed by atoms with E-state index in [1.165, 1.54) is 6.20 Å². The lowest BCUT2D eigenvalue weighted by molar-refractivity contribution is 0.306. The molecule has 0 saturated carbocycles. The maximum atomic E-state index is 11.7. The van der Waals surface area contributed by atoms with Crippen LogP contribution in [-0.4, -0.2) is 9.97 Å². The molecule has 0 N–H and O–H groups in total. The fourth-order valence-electron chi connectivity index (χ4n) is 1.55. The van der Waals surface area contributed by atoms with Crippen LogP contribution in [-0.2, 0) is 0 Å². The van der Waals surface area contributed by atoms with Gasteiger partial charge in [-0.25, -0.2) is 4.79 Å². The van der Waals surface area contributed by atoms with Gasteiger partial charge in [0.05, 0.1) is 17.1 Å². The van der Waals surface area contributed by atoms with Crippen LogP contribution in [0.1, 0.15) is 0 Å². The highest BCUT2D eigenvalue weighted by molar-refractivity contribution is 5.76. The van der Waals surface area contributed by atoms with Crippen molar-refractivity contribution in [3.63, 3.8) is 0 Å². The van der Waals surface area contributed by atoms with Gasteiger partial charge in [0, 0.05) is 6.20 Å². The molecule has 3 rings (SSSR count). The molecule has 0 atom stereocenters. The Morgan fingerprint density at radius 1 is 1.11 bits per heavy atom. The molecule has 0 spiro atoms. The first kappa shape index (κ1) is 10.5. The van der Waals surface area contributed by atoms with Crippen molar-refractivity contribution in [2.24, 2.45) is 0 Å². The monoisotopic (exact) mass is 240 g/mol. The third-order valence-electron chi connectivity index (χ3n) is 2.36. The molecule has 5 heteroatoms. The van der Waals surface area contributed by atoms with E-state index < -0.39 is 5.63 Å². The van der Waals surface area contributed by atoms with Gasteiger partial charge in [-0.1, -0.05) is 12.1 Å². The molecular weight excluding hydrogens is 232 g/mol. The zero-order chi connectivity index (χ0) is 12.4. The number of hydrogen-bond donors (Lipinski definition) is 0. The molecule has 2 aromatic heterocycles. The summed E-state index contributed by atoms with van der Waals surface area (Å²) in [6.07, 6.45) is 3.04. The minimum Gasteiger partial charge on any atom is -0.409 e. The van der Waals surface area contributed by atoms with E-state index in [4.69, 9.17) is 9.15 Å². The van der Waals surface area contributed by atoms with Crippen LogP contribution in [0.2, 0.25) is 0 Å². The highest BCUT2D eigenvalue weighted by Crippen LogP contribution is 2.18. The number of hydrogen-bond acceptors (Lipinski definition) is 5. The summed E-state index contributed by atoms with van der Waals surface area (Å²) in [4.78, 5) is 19.7. The molecule has 88 valence electrons. The van der Waals surface area contributed by atoms with Gasteiger partial charge in [0.25, 0.3) is 0 Å². The number of ether oxygens (including phenoxy) is 1. The summed E-state index contributed by atoms with van der Waals surface area (Å²) in [6.45, 7) is 0. The Hall–Kier alpha value is -2.69. The van der Waals surface area contributed by atoms with Crippen molar-refractivity contribution in [1.82, 2.24) is 9.97 Å². The molecule has 5 nitrogen and oxygen atoms in total. The number of fused-ring (bicyclic) bond motifs is 1. The largest absolute Gasteiger partial charge is 0.409 e. The molecule has 18 heavy (non-hydrogen) atoms. The SMILES string of the molecule is O=c1oc(Oc2cccnc2)nc2ccccc12. The van der Waals surface area contributed by atoms with Gasteiger partial charge >= 0.3 is 11.7 Å². The Morgan fingerprint density at radius 2 is 2.00 bits per heavy atom. The van der Waals surface area contributed by atoms with Gasteiger partial charge in [0.2, 0.25) is 0 Å². The Kier molecular flexibility index (Phi) is 2.49. The predicted octanol–water partition coefficient (Wildman–Crippen LogP) is 2.38. The van der Waals surface area contributed by atoms with Crippen molar-refractivity contribution in [2.45, 2.75) is 0 Å². The maximum Gasteiger partial charge on any atom is 0.402 e. The molecule has 2 heterocycles. The zero-order valence-corrected chi connectivity index (χ0v) is 9.24. The molecule has 0 unspecified atom stereocenters. The average Bonchev–Trinajstić information content (AvgIpc) is 2.40. The van der Waals surface area contributed by atoms with Crippen molar-refractivity contribution in [3.05, 3.63) is 59.2 Å². The van der Waals surface area contributed by atoms with Gasteiger partial charge in [-0.05, 0) is 24.3 Å². The molecule has 0 fully saturated rings. The molecule has 0 aliphatic rings. The molecular formula is C13H8N2O3. The minimum absolute atomic E-state index is 0.0910. The topological polar surface area (TPSA) is 65.2 Å². The van der Waals surface area contributed by atoms with Crippen LogP contribution >= 0.6 is 0 Å². The molecule has 3 aromatic rings. The number of para-hydroxylation sites is 1. The zero-order valence-electron chi connectivity index (χ0n) is 9.24. The lowest BCUT2D eigenvalue weighted by atomic mass is 10.2. The number of aromatic nitrogens is 2. The molecule has 0 amide bonds. The second-order valence-electron chi connectivity index (χ2n) is 3.58. The highest BCUT2D eigenvalue weighted by Gasteiger charge is 2.07. The van der Waals surface area contributed by atoms with E-state index in [-0.39, 0.29) is 6.08 Å². The average molecular weight is 240 g/mol. The first-order valence-electron chi connectivity index (χ1n) is 5.31. The third-order valence-corrected chi connectivity index (χ3v) is 2.36. The van der Waals surface area contributed by atoms with Crippen LogP contribution in [0.25, 0.3) is 10.9 Å². The van der Waals surface area contributed by atoms with Crippen LogP contribution in [0.15, 0.2) is 58.0 Å². The maximum absolute atomic E-state index is 11.7. The molecule has 0 aliphatic heterocycles. The minimum atomic E-state index is -0.473. The van der Waals surface area contributed by atoms with Gasteiger partial charge in [-0.2, -0.15) is 4.98 Å². The Balaban J connectivity index is 2.06. The molecule has 1 aromatic carbocycles. The van der Waals surface area contributed by atoms with Crippen molar-refractivity contribution in [2.75, 3.05) is 0 Å². The van der Waals surface area contributed by atoms with Gasteiger partial charge in [-0.15, -0.1) is 0 Å². The number of benzene rings is 1.